The van der Waals surface area contributed by atoms with Gasteiger partial charge in [0.1, 0.15) is 0 Å². The summed E-state index contributed by atoms with van der Waals surface area (Å²) in [5.74, 6) is -0.144. The third-order valence-electron chi connectivity index (χ3n) is 4.90. The topological polar surface area (TPSA) is 73.0 Å². The Hall–Kier alpha value is -2.41. The van der Waals surface area contributed by atoms with Gasteiger partial charge in [0.2, 0.25) is 17.7 Å². The van der Waals surface area contributed by atoms with E-state index >= 15 is 0 Å². The minimum absolute atomic E-state index is 0.0685. The van der Waals surface area contributed by atoms with Crippen LogP contribution in [0.2, 0.25) is 0 Å². The molecule has 0 aliphatic carbocycles. The van der Waals surface area contributed by atoms with Gasteiger partial charge in [-0.1, -0.05) is 12.1 Å². The predicted octanol–water partition coefficient (Wildman–Crippen LogP) is 1.30. The van der Waals surface area contributed by atoms with Crippen molar-refractivity contribution in [3.63, 3.8) is 0 Å². The fourth-order valence-corrected chi connectivity index (χ4v) is 3.63. The first-order chi connectivity index (χ1) is 12.5. The molecule has 1 aromatic carbocycles. The molecule has 1 atom stereocenters. The average molecular weight is 358 g/mol. The number of likely N-dealkylation sites (tertiary alicyclic amines) is 1. The van der Waals surface area contributed by atoms with Gasteiger partial charge in [-0.25, -0.2) is 0 Å². The number of hydrogen-bond acceptors (Lipinski definition) is 4. The zero-order valence-electron chi connectivity index (χ0n) is 15.4. The quantitative estimate of drug-likeness (QED) is 0.881. The minimum atomic E-state index is -0.242. The molecule has 0 radical (unpaired) electrons. The van der Waals surface area contributed by atoms with Gasteiger partial charge in [-0.2, -0.15) is 0 Å². The van der Waals surface area contributed by atoms with E-state index in [1.165, 1.54) is 0 Å². The second-order valence-corrected chi connectivity index (χ2v) is 7.14. The van der Waals surface area contributed by atoms with Crippen LogP contribution >= 0.6 is 0 Å². The monoisotopic (exact) mass is 358 g/mol. The fourth-order valence-electron chi connectivity index (χ4n) is 3.63. The molecule has 140 valence electrons. The summed E-state index contributed by atoms with van der Waals surface area (Å²) in [7, 11) is 1.78. The number of rotatable bonds is 4. The second kappa shape index (κ2) is 7.86. The lowest BCUT2D eigenvalue weighted by Crippen LogP contribution is -2.46. The highest BCUT2D eigenvalue weighted by atomic mass is 16.2. The van der Waals surface area contributed by atoms with Crippen LogP contribution in [0.3, 0.4) is 0 Å². The van der Waals surface area contributed by atoms with Gasteiger partial charge in [-0.05, 0) is 38.9 Å². The molecule has 0 saturated carbocycles. The summed E-state index contributed by atoms with van der Waals surface area (Å²) < 4.78 is 0. The number of fused-ring (bicyclic) bond motifs is 1. The number of nitrogens with zero attached hydrogens (tertiary/aromatic N) is 3. The van der Waals surface area contributed by atoms with Gasteiger partial charge in [-0.3, -0.25) is 19.3 Å². The van der Waals surface area contributed by atoms with E-state index in [1.807, 2.05) is 30.0 Å². The lowest BCUT2D eigenvalue weighted by molar-refractivity contribution is -0.131. The van der Waals surface area contributed by atoms with Crippen LogP contribution in [0.5, 0.6) is 0 Å². The van der Waals surface area contributed by atoms with Crippen molar-refractivity contribution < 1.29 is 14.4 Å². The zero-order valence-corrected chi connectivity index (χ0v) is 15.4. The number of anilines is 2. The molecule has 1 N–H and O–H groups in total. The van der Waals surface area contributed by atoms with Crippen molar-refractivity contribution in [3.8, 4) is 0 Å². The fraction of sp³-hybridized carbons (Fsp3) is 0.526. The van der Waals surface area contributed by atoms with Crippen LogP contribution in [0.15, 0.2) is 24.3 Å². The van der Waals surface area contributed by atoms with Crippen molar-refractivity contribution in [2.24, 2.45) is 0 Å². The van der Waals surface area contributed by atoms with Crippen LogP contribution in [0.1, 0.15) is 26.2 Å². The van der Waals surface area contributed by atoms with Crippen LogP contribution in [0.4, 0.5) is 11.4 Å². The van der Waals surface area contributed by atoms with E-state index in [4.69, 9.17) is 0 Å². The molecule has 2 aliphatic rings. The molecular formula is C19H26N4O3. The first-order valence-corrected chi connectivity index (χ1v) is 9.13. The van der Waals surface area contributed by atoms with Gasteiger partial charge >= 0.3 is 0 Å². The maximum atomic E-state index is 13.0. The van der Waals surface area contributed by atoms with Gasteiger partial charge < -0.3 is 15.1 Å². The molecule has 7 nitrogen and oxygen atoms in total. The van der Waals surface area contributed by atoms with Crippen molar-refractivity contribution in [1.82, 2.24) is 9.80 Å². The third-order valence-corrected chi connectivity index (χ3v) is 4.90. The molecule has 1 aromatic rings. The average Bonchev–Trinajstić information content (AvgIpc) is 3.06. The van der Waals surface area contributed by atoms with Gasteiger partial charge in [0.25, 0.3) is 0 Å². The van der Waals surface area contributed by atoms with Crippen LogP contribution < -0.4 is 10.2 Å². The normalized spacial score (nSPS) is 20.0. The summed E-state index contributed by atoms with van der Waals surface area (Å²) in [6.45, 7) is 3.85. The highest BCUT2D eigenvalue weighted by molar-refractivity contribution is 6.05. The first-order valence-electron chi connectivity index (χ1n) is 9.13. The molecule has 26 heavy (non-hydrogen) atoms. The largest absolute Gasteiger partial charge is 0.342 e. The van der Waals surface area contributed by atoms with E-state index in [-0.39, 0.29) is 43.3 Å². The molecule has 2 heterocycles. The third kappa shape index (κ3) is 4.04. The number of para-hydroxylation sites is 2. The van der Waals surface area contributed by atoms with Crippen molar-refractivity contribution in [1.29, 1.82) is 0 Å². The first kappa shape index (κ1) is 18.4. The van der Waals surface area contributed by atoms with E-state index in [1.54, 1.807) is 22.9 Å². The molecule has 0 bridgehead atoms. The number of nitrogens with one attached hydrogen (secondary N) is 1. The van der Waals surface area contributed by atoms with Crippen LogP contribution in [0, 0.1) is 0 Å². The van der Waals surface area contributed by atoms with Gasteiger partial charge in [0.05, 0.1) is 24.5 Å². The Morgan fingerprint density at radius 1 is 1.15 bits per heavy atom. The number of carbonyl (C=O) groups excluding carboxylic acids is 3. The van der Waals surface area contributed by atoms with E-state index in [2.05, 4.69) is 5.32 Å². The van der Waals surface area contributed by atoms with Crippen molar-refractivity contribution in [2.45, 2.75) is 32.2 Å². The van der Waals surface area contributed by atoms with Crippen molar-refractivity contribution in [2.75, 3.05) is 43.4 Å². The second-order valence-electron chi connectivity index (χ2n) is 7.14. The Balaban J connectivity index is 1.69. The molecule has 3 amide bonds. The van der Waals surface area contributed by atoms with E-state index < -0.39 is 0 Å². The molecule has 0 unspecified atom stereocenters. The summed E-state index contributed by atoms with van der Waals surface area (Å²) in [5, 5.41) is 2.85. The highest BCUT2D eigenvalue weighted by Crippen LogP contribution is 2.31. The maximum absolute atomic E-state index is 13.0. The maximum Gasteiger partial charge on any atom is 0.241 e. The van der Waals surface area contributed by atoms with Gasteiger partial charge in [0.15, 0.2) is 0 Å². The van der Waals surface area contributed by atoms with Crippen LogP contribution in [-0.2, 0) is 14.4 Å². The SMILES string of the molecule is C[C@H]1CC(=O)Nc2ccccc2N1C(=O)CN(C)CC(=O)N1CCCC1. The Labute approximate surface area is 153 Å². The summed E-state index contributed by atoms with van der Waals surface area (Å²) in [5.41, 5.74) is 1.35. The van der Waals surface area contributed by atoms with E-state index in [0.29, 0.717) is 11.4 Å². The Bertz CT molecular complexity index is 700. The lowest BCUT2D eigenvalue weighted by atomic mass is 10.1. The van der Waals surface area contributed by atoms with E-state index in [9.17, 15) is 14.4 Å². The number of amides is 3. The molecule has 2 aliphatic heterocycles. The minimum Gasteiger partial charge on any atom is -0.342 e. The summed E-state index contributed by atoms with van der Waals surface area (Å²) in [6.07, 6.45) is 2.35. The van der Waals surface area contributed by atoms with Gasteiger partial charge in [0, 0.05) is 25.6 Å². The zero-order chi connectivity index (χ0) is 18.7. The standard InChI is InChI=1S/C19H26N4O3/c1-14-11-17(24)20-15-7-3-4-8-16(15)23(14)19(26)13-21(2)12-18(25)22-9-5-6-10-22/h3-4,7-8,14H,5-6,9-13H2,1-2H3,(H,20,24)/t14-/m0/s1. The number of benzene rings is 1. The number of hydrogen-bond donors (Lipinski definition) is 1. The lowest BCUT2D eigenvalue weighted by Gasteiger charge is -2.30. The number of carbonyl (C=O) groups is 3. The molecule has 0 aromatic heterocycles. The molecular weight excluding hydrogens is 332 g/mol. The summed E-state index contributed by atoms with van der Waals surface area (Å²) >= 11 is 0. The summed E-state index contributed by atoms with van der Waals surface area (Å²) in [6, 6.07) is 7.08. The van der Waals surface area contributed by atoms with Gasteiger partial charge in [-0.15, -0.1) is 0 Å². The summed E-state index contributed by atoms with van der Waals surface area (Å²) in [4.78, 5) is 42.5. The molecule has 1 saturated heterocycles. The Kier molecular flexibility index (Phi) is 5.56. The Morgan fingerprint density at radius 2 is 1.81 bits per heavy atom. The highest BCUT2D eigenvalue weighted by Gasteiger charge is 2.30. The molecule has 3 rings (SSSR count). The molecule has 0 spiro atoms. The van der Waals surface area contributed by atoms with Crippen LogP contribution in [0.25, 0.3) is 0 Å². The predicted molar refractivity (Wildman–Crippen MR) is 99.9 cm³/mol. The number of likely N-dealkylation sites (N-methyl/N-ethyl adjacent to an activating group) is 1. The van der Waals surface area contributed by atoms with Crippen molar-refractivity contribution in [3.05, 3.63) is 24.3 Å². The molecule has 7 heteroatoms. The smallest absolute Gasteiger partial charge is 0.241 e. The van der Waals surface area contributed by atoms with Crippen LogP contribution in [-0.4, -0.2) is 66.8 Å². The van der Waals surface area contributed by atoms with Crippen molar-refractivity contribution >= 4 is 29.1 Å². The molecule has 1 fully saturated rings. The van der Waals surface area contributed by atoms with E-state index in [0.717, 1.165) is 25.9 Å². The Morgan fingerprint density at radius 3 is 2.54 bits per heavy atom.